The maximum atomic E-state index is 12.1. The monoisotopic (exact) mass is 339 g/mol. The Kier molecular flexibility index (Phi) is 4.25. The Hall–Kier alpha value is -1.37. The highest BCUT2D eigenvalue weighted by atomic mass is 35.5. The summed E-state index contributed by atoms with van der Waals surface area (Å²) in [5.74, 6) is -0.00923. The quantitative estimate of drug-likeness (QED) is 0.843. The van der Waals surface area contributed by atoms with Crippen molar-refractivity contribution in [3.8, 4) is 0 Å². The van der Waals surface area contributed by atoms with Gasteiger partial charge in [-0.15, -0.1) is 0 Å². The summed E-state index contributed by atoms with van der Waals surface area (Å²) in [6.45, 7) is 3.81. The molecule has 1 atom stereocenters. The molecule has 2 aromatic rings. The molecule has 1 fully saturated rings. The predicted octanol–water partition coefficient (Wildman–Crippen LogP) is 2.55. The van der Waals surface area contributed by atoms with Gasteiger partial charge in [-0.3, -0.25) is 4.79 Å². The summed E-state index contributed by atoms with van der Waals surface area (Å²) < 4.78 is 6.66. The minimum absolute atomic E-state index is 0.00923. The van der Waals surface area contributed by atoms with Crippen LogP contribution in [0.3, 0.4) is 0 Å². The van der Waals surface area contributed by atoms with Crippen molar-refractivity contribution in [3.63, 3.8) is 0 Å². The number of likely N-dealkylation sites (N-methyl/N-ethyl adjacent to an activating group) is 1. The Morgan fingerprint density at radius 3 is 3.00 bits per heavy atom. The maximum Gasteiger partial charge on any atom is 0.253 e. The molecule has 0 bridgehead atoms. The zero-order chi connectivity index (χ0) is 15.9. The second-order valence-corrected chi connectivity index (χ2v) is 7.05. The highest BCUT2D eigenvalue weighted by Gasteiger charge is 2.29. The van der Waals surface area contributed by atoms with Gasteiger partial charge >= 0.3 is 0 Å². The van der Waals surface area contributed by atoms with Crippen LogP contribution in [0.25, 0.3) is 10.2 Å². The number of hydrogen-bond acceptors (Lipinski definition) is 5. The van der Waals surface area contributed by atoms with Crippen LogP contribution in [-0.4, -0.2) is 55.7 Å². The van der Waals surface area contributed by atoms with Crippen molar-refractivity contribution >= 4 is 44.2 Å². The minimum atomic E-state index is -0.430. The van der Waals surface area contributed by atoms with Crippen LogP contribution in [0.4, 0.5) is 5.13 Å². The van der Waals surface area contributed by atoms with E-state index < -0.39 is 6.10 Å². The molecule has 1 saturated heterocycles. The molecule has 1 aromatic heterocycles. The number of aryl methyl sites for hydroxylation is 1. The zero-order valence-electron chi connectivity index (χ0n) is 12.8. The topological polar surface area (TPSA) is 45.7 Å². The van der Waals surface area contributed by atoms with Crippen molar-refractivity contribution in [2.24, 2.45) is 0 Å². The fourth-order valence-electron chi connectivity index (χ4n) is 2.54. The second kappa shape index (κ2) is 6.02. The molecule has 1 aliphatic rings. The van der Waals surface area contributed by atoms with Crippen LogP contribution in [-0.2, 0) is 9.53 Å². The molecule has 118 valence electrons. The molecule has 3 rings (SSSR count). The van der Waals surface area contributed by atoms with Crippen LogP contribution in [0.15, 0.2) is 12.1 Å². The van der Waals surface area contributed by atoms with Crippen LogP contribution in [0, 0.1) is 6.92 Å². The summed E-state index contributed by atoms with van der Waals surface area (Å²) in [7, 11) is 3.49. The number of benzene rings is 1. The molecule has 0 N–H and O–H groups in total. The first-order chi connectivity index (χ1) is 10.5. The molecule has 22 heavy (non-hydrogen) atoms. The second-order valence-electron chi connectivity index (χ2n) is 5.60. The number of halogens is 1. The van der Waals surface area contributed by atoms with Gasteiger partial charge in [0.2, 0.25) is 0 Å². The molecule has 1 aliphatic heterocycles. The first kappa shape index (κ1) is 15.5. The molecule has 0 spiro atoms. The lowest BCUT2D eigenvalue weighted by atomic mass is 10.2. The Labute approximate surface area is 138 Å². The van der Waals surface area contributed by atoms with Crippen molar-refractivity contribution in [1.82, 2.24) is 9.88 Å². The lowest BCUT2D eigenvalue weighted by molar-refractivity contribution is -0.141. The summed E-state index contributed by atoms with van der Waals surface area (Å²) in [5.41, 5.74) is 2.05. The summed E-state index contributed by atoms with van der Waals surface area (Å²) >= 11 is 7.72. The molecule has 1 amide bonds. The smallest absolute Gasteiger partial charge is 0.253 e. The average molecular weight is 340 g/mol. The third kappa shape index (κ3) is 2.91. The minimum Gasteiger partial charge on any atom is -0.365 e. The van der Waals surface area contributed by atoms with Crippen molar-refractivity contribution in [1.29, 1.82) is 0 Å². The number of carbonyl (C=O) groups is 1. The normalized spacial score (nSPS) is 18.7. The molecule has 1 aromatic carbocycles. The van der Waals surface area contributed by atoms with Crippen molar-refractivity contribution in [2.75, 3.05) is 38.7 Å². The van der Waals surface area contributed by atoms with E-state index in [1.54, 1.807) is 30.3 Å². The predicted molar refractivity (Wildman–Crippen MR) is 90.0 cm³/mol. The number of carbonyl (C=O) groups excluding carboxylic acids is 1. The van der Waals surface area contributed by atoms with Gasteiger partial charge in [-0.1, -0.05) is 22.9 Å². The number of ether oxygens (including phenoxy) is 1. The van der Waals surface area contributed by atoms with Gasteiger partial charge in [-0.05, 0) is 24.6 Å². The highest BCUT2D eigenvalue weighted by Crippen LogP contribution is 2.33. The Bertz CT molecular complexity index is 716. The number of thiazole rings is 1. The van der Waals surface area contributed by atoms with Gasteiger partial charge in [-0.25, -0.2) is 4.98 Å². The molecular weight excluding hydrogens is 322 g/mol. The fraction of sp³-hybridized carbons (Fsp3) is 0.467. The van der Waals surface area contributed by atoms with E-state index in [9.17, 15) is 4.79 Å². The first-order valence-electron chi connectivity index (χ1n) is 7.10. The van der Waals surface area contributed by atoms with E-state index in [2.05, 4.69) is 4.90 Å². The molecule has 1 unspecified atom stereocenters. The van der Waals surface area contributed by atoms with Crippen molar-refractivity contribution in [2.45, 2.75) is 13.0 Å². The molecule has 2 heterocycles. The van der Waals surface area contributed by atoms with Gasteiger partial charge < -0.3 is 14.5 Å². The Morgan fingerprint density at radius 1 is 1.50 bits per heavy atom. The van der Waals surface area contributed by atoms with E-state index in [-0.39, 0.29) is 5.91 Å². The van der Waals surface area contributed by atoms with E-state index >= 15 is 0 Å². The summed E-state index contributed by atoms with van der Waals surface area (Å²) in [6, 6.07) is 3.86. The SMILES string of the molecule is Cc1cc(Cl)cc2sc(N3CCOC(C(=O)N(C)C)C3)nc12. The Morgan fingerprint density at radius 2 is 2.27 bits per heavy atom. The van der Waals surface area contributed by atoms with Crippen molar-refractivity contribution < 1.29 is 9.53 Å². The van der Waals surface area contributed by atoms with E-state index in [1.165, 1.54) is 0 Å². The molecule has 5 nitrogen and oxygen atoms in total. The number of fused-ring (bicyclic) bond motifs is 1. The zero-order valence-corrected chi connectivity index (χ0v) is 14.4. The summed E-state index contributed by atoms with van der Waals surface area (Å²) in [6.07, 6.45) is -0.430. The van der Waals surface area contributed by atoms with E-state index in [0.29, 0.717) is 13.2 Å². The van der Waals surface area contributed by atoms with Gasteiger partial charge in [-0.2, -0.15) is 0 Å². The van der Waals surface area contributed by atoms with Crippen LogP contribution >= 0.6 is 22.9 Å². The van der Waals surface area contributed by atoms with Crippen LogP contribution < -0.4 is 4.90 Å². The van der Waals surface area contributed by atoms with Crippen LogP contribution in [0.1, 0.15) is 5.56 Å². The van der Waals surface area contributed by atoms with Crippen LogP contribution in [0.2, 0.25) is 5.02 Å². The lowest BCUT2D eigenvalue weighted by Crippen LogP contribution is -2.49. The molecule has 0 radical (unpaired) electrons. The first-order valence-corrected chi connectivity index (χ1v) is 8.29. The largest absolute Gasteiger partial charge is 0.365 e. The number of aromatic nitrogens is 1. The fourth-order valence-corrected chi connectivity index (χ4v) is 3.99. The van der Waals surface area contributed by atoms with Crippen molar-refractivity contribution in [3.05, 3.63) is 22.7 Å². The van der Waals surface area contributed by atoms with E-state index in [4.69, 9.17) is 21.3 Å². The summed E-state index contributed by atoms with van der Waals surface area (Å²) in [5, 5.41) is 1.64. The highest BCUT2D eigenvalue weighted by molar-refractivity contribution is 7.22. The molecule has 0 aliphatic carbocycles. The molecule has 0 saturated carbocycles. The number of rotatable bonds is 2. The standard InChI is InChI=1S/C15H18ClN3O2S/c1-9-6-10(16)7-12-13(9)17-15(22-12)19-4-5-21-11(8-19)14(20)18(2)3/h6-7,11H,4-5,8H2,1-3H3. The number of hydrogen-bond donors (Lipinski definition) is 0. The summed E-state index contributed by atoms with van der Waals surface area (Å²) in [4.78, 5) is 20.5. The van der Waals surface area contributed by atoms with Gasteiger partial charge in [0.25, 0.3) is 5.91 Å². The third-order valence-electron chi connectivity index (χ3n) is 3.69. The number of anilines is 1. The third-order valence-corrected chi connectivity index (χ3v) is 4.97. The van der Waals surface area contributed by atoms with Crippen LogP contribution in [0.5, 0.6) is 0 Å². The average Bonchev–Trinajstić information content (AvgIpc) is 2.90. The maximum absolute atomic E-state index is 12.1. The Balaban J connectivity index is 1.87. The van der Waals surface area contributed by atoms with Gasteiger partial charge in [0, 0.05) is 25.7 Å². The number of nitrogens with zero attached hydrogens (tertiary/aromatic N) is 3. The van der Waals surface area contributed by atoms with E-state index in [1.807, 2.05) is 19.1 Å². The van der Waals surface area contributed by atoms with Gasteiger partial charge in [0.15, 0.2) is 11.2 Å². The van der Waals surface area contributed by atoms with Gasteiger partial charge in [0.1, 0.15) is 0 Å². The number of morpholine rings is 1. The van der Waals surface area contributed by atoms with E-state index in [0.717, 1.165) is 32.5 Å². The molecule has 7 heteroatoms. The lowest BCUT2D eigenvalue weighted by Gasteiger charge is -2.33. The molecular formula is C15H18ClN3O2S. The number of amides is 1. The van der Waals surface area contributed by atoms with Gasteiger partial charge in [0.05, 0.1) is 23.4 Å².